The van der Waals surface area contributed by atoms with E-state index in [1.165, 1.54) is 11.3 Å². The van der Waals surface area contributed by atoms with Crippen molar-refractivity contribution in [3.8, 4) is 10.7 Å². The van der Waals surface area contributed by atoms with Crippen LogP contribution in [0, 0.1) is 13.8 Å². The van der Waals surface area contributed by atoms with E-state index < -0.39 is 0 Å². The first kappa shape index (κ1) is 17.3. The van der Waals surface area contributed by atoms with Crippen LogP contribution >= 0.6 is 11.3 Å². The monoisotopic (exact) mass is 391 g/mol. The fourth-order valence-corrected chi connectivity index (χ4v) is 4.58. The lowest BCUT2D eigenvalue weighted by molar-refractivity contribution is 0.238. The molecule has 0 amide bonds. The number of rotatable bonds is 3. The maximum absolute atomic E-state index is 12.7. The molecular formula is C21H21N5OS. The molecular weight excluding hydrogens is 370 g/mol. The summed E-state index contributed by atoms with van der Waals surface area (Å²) < 4.78 is 2.17. The summed E-state index contributed by atoms with van der Waals surface area (Å²) in [6.45, 7) is 6.40. The third-order valence-electron chi connectivity index (χ3n) is 5.42. The zero-order chi connectivity index (χ0) is 19.3. The number of aryl methyl sites for hydroxylation is 2. The second-order valence-corrected chi connectivity index (χ2v) is 8.25. The first-order valence-corrected chi connectivity index (χ1v) is 10.3. The van der Waals surface area contributed by atoms with Gasteiger partial charge in [0, 0.05) is 32.3 Å². The molecule has 0 unspecified atom stereocenters. The van der Waals surface area contributed by atoms with Crippen LogP contribution in [0.3, 0.4) is 0 Å². The number of nitrogens with one attached hydrogen (secondary N) is 1. The highest BCUT2D eigenvalue weighted by atomic mass is 32.1. The molecule has 0 saturated heterocycles. The van der Waals surface area contributed by atoms with Crippen molar-refractivity contribution in [2.24, 2.45) is 0 Å². The topological polar surface area (TPSA) is 66.3 Å². The van der Waals surface area contributed by atoms with Crippen molar-refractivity contribution < 1.29 is 0 Å². The van der Waals surface area contributed by atoms with Crippen molar-refractivity contribution in [3.05, 3.63) is 74.4 Å². The average Bonchev–Trinajstić information content (AvgIpc) is 3.32. The van der Waals surface area contributed by atoms with Crippen LogP contribution in [0.5, 0.6) is 0 Å². The molecule has 1 aliphatic heterocycles. The Hall–Kier alpha value is -2.77. The highest BCUT2D eigenvalue weighted by Gasteiger charge is 2.23. The van der Waals surface area contributed by atoms with Crippen LogP contribution in [0.15, 0.2) is 40.6 Å². The van der Waals surface area contributed by atoms with Crippen LogP contribution in [0.1, 0.15) is 28.2 Å². The Bertz CT molecular complexity index is 1220. The number of aromatic nitrogens is 4. The van der Waals surface area contributed by atoms with Crippen LogP contribution in [0.4, 0.5) is 0 Å². The van der Waals surface area contributed by atoms with Gasteiger partial charge < -0.3 is 9.38 Å². The van der Waals surface area contributed by atoms with Gasteiger partial charge >= 0.3 is 0 Å². The first-order valence-electron chi connectivity index (χ1n) is 9.41. The first-order chi connectivity index (χ1) is 13.6. The van der Waals surface area contributed by atoms with E-state index in [1.54, 1.807) is 11.3 Å². The molecule has 5 rings (SSSR count). The molecule has 0 atom stereocenters. The molecule has 4 aromatic heterocycles. The van der Waals surface area contributed by atoms with Crippen molar-refractivity contribution in [2.45, 2.75) is 33.4 Å². The second kappa shape index (κ2) is 6.68. The molecule has 0 aromatic carbocycles. The van der Waals surface area contributed by atoms with Gasteiger partial charge in [-0.1, -0.05) is 12.1 Å². The van der Waals surface area contributed by atoms with Gasteiger partial charge in [-0.2, -0.15) is 0 Å². The number of nitrogens with zero attached hydrogens (tertiary/aromatic N) is 4. The number of pyridine rings is 1. The number of H-pyrrole nitrogens is 1. The summed E-state index contributed by atoms with van der Waals surface area (Å²) in [4.78, 5) is 28.5. The zero-order valence-corrected chi connectivity index (χ0v) is 16.7. The summed E-state index contributed by atoms with van der Waals surface area (Å²) in [5.74, 6) is 0.681. The Kier molecular flexibility index (Phi) is 4.14. The highest BCUT2D eigenvalue weighted by Crippen LogP contribution is 2.24. The summed E-state index contributed by atoms with van der Waals surface area (Å²) >= 11 is 1.59. The molecule has 0 radical (unpaired) electrons. The third kappa shape index (κ3) is 2.87. The van der Waals surface area contributed by atoms with Crippen LogP contribution in [0.25, 0.3) is 16.3 Å². The van der Waals surface area contributed by atoms with Gasteiger partial charge in [0.1, 0.15) is 5.65 Å². The van der Waals surface area contributed by atoms with Crippen LogP contribution in [-0.2, 0) is 19.5 Å². The molecule has 0 bridgehead atoms. The molecule has 4 aromatic rings. The molecule has 0 saturated carbocycles. The molecule has 1 aliphatic rings. The van der Waals surface area contributed by atoms with Crippen molar-refractivity contribution in [1.29, 1.82) is 0 Å². The van der Waals surface area contributed by atoms with E-state index in [0.29, 0.717) is 12.4 Å². The SMILES string of the molecule is Cc1nc2c(C)cccn2c1CN1CCc2nc(-c3cccs3)[nH]c(=O)c2C1. The van der Waals surface area contributed by atoms with Gasteiger partial charge in [-0.3, -0.25) is 9.69 Å². The Morgan fingerprint density at radius 2 is 2.11 bits per heavy atom. The summed E-state index contributed by atoms with van der Waals surface area (Å²) in [7, 11) is 0. The molecule has 0 spiro atoms. The predicted octanol–water partition coefficient (Wildman–Crippen LogP) is 3.32. The van der Waals surface area contributed by atoms with Gasteiger partial charge in [0.15, 0.2) is 5.82 Å². The number of thiophene rings is 1. The van der Waals surface area contributed by atoms with Gasteiger partial charge in [-0.25, -0.2) is 9.97 Å². The van der Waals surface area contributed by atoms with Gasteiger partial charge in [-0.15, -0.1) is 11.3 Å². The predicted molar refractivity (Wildman–Crippen MR) is 111 cm³/mol. The van der Waals surface area contributed by atoms with Gasteiger partial charge in [0.2, 0.25) is 0 Å². The maximum atomic E-state index is 12.7. The number of hydrogen-bond donors (Lipinski definition) is 1. The van der Waals surface area contributed by atoms with E-state index in [-0.39, 0.29) is 5.56 Å². The molecule has 0 aliphatic carbocycles. The normalized spacial score (nSPS) is 14.5. The standard InChI is InChI=1S/C21H21N5OS/c1-13-5-3-8-26-17(14(2)22-20(13)26)12-25-9-7-16-15(11-25)21(27)24-19(23-16)18-6-4-10-28-18/h3-6,8,10H,7,9,11-12H2,1-2H3,(H,23,24,27). The molecule has 7 heteroatoms. The molecule has 5 heterocycles. The van der Waals surface area contributed by atoms with E-state index in [2.05, 4.69) is 46.5 Å². The minimum absolute atomic E-state index is 0.0243. The number of imidazole rings is 1. The van der Waals surface area contributed by atoms with Crippen molar-refractivity contribution in [2.75, 3.05) is 6.54 Å². The van der Waals surface area contributed by atoms with E-state index in [1.807, 2.05) is 17.5 Å². The second-order valence-electron chi connectivity index (χ2n) is 7.31. The minimum atomic E-state index is -0.0243. The minimum Gasteiger partial charge on any atom is -0.306 e. The maximum Gasteiger partial charge on any atom is 0.255 e. The molecule has 28 heavy (non-hydrogen) atoms. The smallest absolute Gasteiger partial charge is 0.255 e. The lowest BCUT2D eigenvalue weighted by atomic mass is 10.1. The van der Waals surface area contributed by atoms with E-state index in [0.717, 1.165) is 47.0 Å². The number of hydrogen-bond acceptors (Lipinski definition) is 5. The number of fused-ring (bicyclic) bond motifs is 2. The molecule has 1 N–H and O–H groups in total. The molecule has 142 valence electrons. The third-order valence-corrected chi connectivity index (χ3v) is 6.30. The van der Waals surface area contributed by atoms with Crippen molar-refractivity contribution >= 4 is 17.0 Å². The van der Waals surface area contributed by atoms with E-state index in [4.69, 9.17) is 9.97 Å². The summed E-state index contributed by atoms with van der Waals surface area (Å²) in [5.41, 5.74) is 6.09. The quantitative estimate of drug-likeness (QED) is 0.582. The lowest BCUT2D eigenvalue weighted by Crippen LogP contribution is -2.35. The van der Waals surface area contributed by atoms with E-state index >= 15 is 0 Å². The lowest BCUT2D eigenvalue weighted by Gasteiger charge is -2.27. The fraction of sp³-hybridized carbons (Fsp3) is 0.286. The average molecular weight is 392 g/mol. The van der Waals surface area contributed by atoms with Crippen LogP contribution < -0.4 is 5.56 Å². The zero-order valence-electron chi connectivity index (χ0n) is 15.9. The Labute approximate surface area is 166 Å². The van der Waals surface area contributed by atoms with Crippen molar-refractivity contribution in [3.63, 3.8) is 0 Å². The van der Waals surface area contributed by atoms with Crippen LogP contribution in [0.2, 0.25) is 0 Å². The largest absolute Gasteiger partial charge is 0.306 e. The Morgan fingerprint density at radius 1 is 1.21 bits per heavy atom. The Morgan fingerprint density at radius 3 is 2.93 bits per heavy atom. The summed E-state index contributed by atoms with van der Waals surface area (Å²) in [6, 6.07) is 8.10. The molecule has 0 fully saturated rings. The van der Waals surface area contributed by atoms with Crippen molar-refractivity contribution in [1.82, 2.24) is 24.3 Å². The van der Waals surface area contributed by atoms with Crippen LogP contribution in [-0.4, -0.2) is 30.8 Å². The Balaban J connectivity index is 1.45. The van der Waals surface area contributed by atoms with Gasteiger partial charge in [0.25, 0.3) is 5.56 Å². The van der Waals surface area contributed by atoms with Gasteiger partial charge in [-0.05, 0) is 36.9 Å². The number of aromatic amines is 1. The fourth-order valence-electron chi connectivity index (χ4n) is 3.91. The summed E-state index contributed by atoms with van der Waals surface area (Å²) in [5, 5.41) is 2.00. The van der Waals surface area contributed by atoms with Gasteiger partial charge in [0.05, 0.1) is 27.5 Å². The molecule has 6 nitrogen and oxygen atoms in total. The van der Waals surface area contributed by atoms with E-state index in [9.17, 15) is 4.79 Å². The summed E-state index contributed by atoms with van der Waals surface area (Å²) in [6.07, 6.45) is 2.85. The highest BCUT2D eigenvalue weighted by molar-refractivity contribution is 7.13.